The van der Waals surface area contributed by atoms with E-state index >= 15 is 0 Å². The van der Waals surface area contributed by atoms with Gasteiger partial charge < -0.3 is 10.1 Å². The average molecular weight is 370 g/mol. The lowest BCUT2D eigenvalue weighted by Gasteiger charge is -2.38. The summed E-state index contributed by atoms with van der Waals surface area (Å²) < 4.78 is 5.57. The molecule has 1 N–H and O–H groups in total. The molecular formula is C22H27NO2S. The summed E-state index contributed by atoms with van der Waals surface area (Å²) in [4.78, 5) is 12.6. The van der Waals surface area contributed by atoms with Gasteiger partial charge in [0.05, 0.1) is 5.25 Å². The Bertz CT molecular complexity index is 684. The summed E-state index contributed by atoms with van der Waals surface area (Å²) in [6.07, 6.45) is 1.89. The van der Waals surface area contributed by atoms with Gasteiger partial charge in [-0.3, -0.25) is 4.79 Å². The van der Waals surface area contributed by atoms with E-state index in [2.05, 4.69) is 41.7 Å². The molecule has 0 bridgehead atoms. The molecule has 4 heteroatoms. The highest BCUT2D eigenvalue weighted by Crippen LogP contribution is 2.34. The van der Waals surface area contributed by atoms with Crippen molar-refractivity contribution >= 4 is 17.7 Å². The number of carbonyl (C=O) groups excluding carboxylic acids is 1. The molecule has 1 amide bonds. The fraction of sp³-hybridized carbons (Fsp3) is 0.409. The molecule has 2 aromatic carbocycles. The van der Waals surface area contributed by atoms with Crippen LogP contribution in [-0.2, 0) is 20.7 Å². The minimum atomic E-state index is -0.0668. The summed E-state index contributed by atoms with van der Waals surface area (Å²) in [6.45, 7) is 4.17. The maximum Gasteiger partial charge on any atom is 0.232 e. The topological polar surface area (TPSA) is 38.3 Å². The summed E-state index contributed by atoms with van der Waals surface area (Å²) >= 11 is 1.68. The van der Waals surface area contributed by atoms with Crippen molar-refractivity contribution in [2.24, 2.45) is 0 Å². The van der Waals surface area contributed by atoms with Gasteiger partial charge in [-0.15, -0.1) is 11.8 Å². The molecule has 3 rings (SSSR count). The molecule has 26 heavy (non-hydrogen) atoms. The van der Waals surface area contributed by atoms with Crippen LogP contribution >= 0.6 is 11.8 Å². The highest BCUT2D eigenvalue weighted by Gasteiger charge is 2.35. The van der Waals surface area contributed by atoms with Crippen LogP contribution < -0.4 is 5.32 Å². The molecule has 2 aromatic rings. The molecule has 1 atom stereocenters. The van der Waals surface area contributed by atoms with E-state index in [0.717, 1.165) is 31.8 Å². The summed E-state index contributed by atoms with van der Waals surface area (Å²) in [5.74, 6) is 0.973. The second-order valence-corrected chi connectivity index (χ2v) is 8.24. The van der Waals surface area contributed by atoms with Gasteiger partial charge in [-0.2, -0.15) is 0 Å². The quantitative estimate of drug-likeness (QED) is 0.796. The standard InChI is InChI=1S/C22H27NO2S/c1-18(26-16-19-8-4-2-5-9-19)21(24)23-17-22(12-14-25-15-13-22)20-10-6-3-7-11-20/h2-11,18H,12-17H2,1H3,(H,23,24)/t18-/m0/s1. The van der Waals surface area contributed by atoms with E-state index in [9.17, 15) is 4.79 Å². The number of amides is 1. The summed E-state index contributed by atoms with van der Waals surface area (Å²) in [6, 6.07) is 20.8. The molecule has 3 nitrogen and oxygen atoms in total. The zero-order valence-corrected chi connectivity index (χ0v) is 16.1. The van der Waals surface area contributed by atoms with Crippen molar-refractivity contribution < 1.29 is 9.53 Å². The van der Waals surface area contributed by atoms with Gasteiger partial charge >= 0.3 is 0 Å². The molecule has 1 aliphatic heterocycles. The molecule has 0 aliphatic carbocycles. The molecule has 138 valence electrons. The molecule has 0 unspecified atom stereocenters. The number of benzene rings is 2. The van der Waals surface area contributed by atoms with Gasteiger partial charge in [0.2, 0.25) is 5.91 Å². The Labute approximate surface area is 160 Å². The summed E-state index contributed by atoms with van der Waals surface area (Å²) in [5, 5.41) is 3.15. The number of carbonyl (C=O) groups is 1. The van der Waals surface area contributed by atoms with E-state index in [4.69, 9.17) is 4.74 Å². The lowest BCUT2D eigenvalue weighted by Crippen LogP contribution is -2.46. The molecule has 1 aliphatic rings. The second kappa shape index (κ2) is 9.24. The summed E-state index contributed by atoms with van der Waals surface area (Å²) in [7, 11) is 0. The van der Waals surface area contributed by atoms with Crippen molar-refractivity contribution in [1.82, 2.24) is 5.32 Å². The Kier molecular flexibility index (Phi) is 6.75. The van der Waals surface area contributed by atoms with E-state index < -0.39 is 0 Å². The molecule has 1 heterocycles. The van der Waals surface area contributed by atoms with Crippen LogP contribution in [0, 0.1) is 0 Å². The minimum Gasteiger partial charge on any atom is -0.381 e. The highest BCUT2D eigenvalue weighted by molar-refractivity contribution is 7.99. The van der Waals surface area contributed by atoms with Crippen LogP contribution in [0.25, 0.3) is 0 Å². The van der Waals surface area contributed by atoms with Gasteiger partial charge in [0.25, 0.3) is 0 Å². The van der Waals surface area contributed by atoms with Crippen molar-refractivity contribution in [2.75, 3.05) is 19.8 Å². The summed E-state index contributed by atoms with van der Waals surface area (Å²) in [5.41, 5.74) is 2.54. The Hall–Kier alpha value is -1.78. The molecule has 0 aromatic heterocycles. The predicted molar refractivity (Wildman–Crippen MR) is 108 cm³/mol. The van der Waals surface area contributed by atoms with E-state index in [0.29, 0.717) is 6.54 Å². The molecule has 1 fully saturated rings. The molecular weight excluding hydrogens is 342 g/mol. The van der Waals surface area contributed by atoms with Crippen LogP contribution in [0.1, 0.15) is 30.9 Å². The number of rotatable bonds is 7. The molecule has 0 radical (unpaired) electrons. The SMILES string of the molecule is C[C@H](SCc1ccccc1)C(=O)NCC1(c2ccccc2)CCOCC1. The van der Waals surface area contributed by atoms with Gasteiger partial charge in [-0.1, -0.05) is 60.7 Å². The first-order valence-corrected chi connectivity index (χ1v) is 10.3. The van der Waals surface area contributed by atoms with Crippen molar-refractivity contribution in [2.45, 2.75) is 36.2 Å². The van der Waals surface area contributed by atoms with Crippen molar-refractivity contribution in [3.8, 4) is 0 Å². The Morgan fingerprint density at radius 2 is 1.69 bits per heavy atom. The zero-order valence-electron chi connectivity index (χ0n) is 15.3. The third-order valence-electron chi connectivity index (χ3n) is 5.15. The minimum absolute atomic E-state index is 0.0149. The largest absolute Gasteiger partial charge is 0.381 e. The van der Waals surface area contributed by atoms with Crippen molar-refractivity contribution in [3.05, 3.63) is 71.8 Å². The predicted octanol–water partition coefficient (Wildman–Crippen LogP) is 4.17. The van der Waals surface area contributed by atoms with Crippen molar-refractivity contribution in [1.29, 1.82) is 0 Å². The van der Waals surface area contributed by atoms with Gasteiger partial charge in [0, 0.05) is 30.9 Å². The molecule has 0 spiro atoms. The van der Waals surface area contributed by atoms with Crippen molar-refractivity contribution in [3.63, 3.8) is 0 Å². The maximum atomic E-state index is 12.6. The Morgan fingerprint density at radius 3 is 2.35 bits per heavy atom. The first kappa shape index (κ1) is 19.0. The number of nitrogens with one attached hydrogen (secondary N) is 1. The van der Waals surface area contributed by atoms with E-state index in [1.807, 2.05) is 31.2 Å². The lowest BCUT2D eigenvalue weighted by atomic mass is 9.74. The monoisotopic (exact) mass is 369 g/mol. The van der Waals surface area contributed by atoms with E-state index in [1.54, 1.807) is 11.8 Å². The third-order valence-corrected chi connectivity index (χ3v) is 6.36. The van der Waals surface area contributed by atoms with Crippen LogP contribution in [0.3, 0.4) is 0 Å². The highest BCUT2D eigenvalue weighted by atomic mass is 32.2. The number of hydrogen-bond acceptors (Lipinski definition) is 3. The first-order chi connectivity index (χ1) is 12.7. The van der Waals surface area contributed by atoms with Gasteiger partial charge in [0.15, 0.2) is 0 Å². The molecule has 0 saturated carbocycles. The lowest BCUT2D eigenvalue weighted by molar-refractivity contribution is -0.120. The van der Waals surface area contributed by atoms with E-state index in [-0.39, 0.29) is 16.6 Å². The maximum absolute atomic E-state index is 12.6. The number of hydrogen-bond donors (Lipinski definition) is 1. The first-order valence-electron chi connectivity index (χ1n) is 9.26. The van der Waals surface area contributed by atoms with Crippen LogP contribution in [-0.4, -0.2) is 30.9 Å². The number of ether oxygens (including phenoxy) is 1. The normalized spacial score (nSPS) is 17.4. The van der Waals surface area contributed by atoms with Gasteiger partial charge in [-0.25, -0.2) is 0 Å². The third kappa shape index (κ3) is 4.89. The smallest absolute Gasteiger partial charge is 0.232 e. The van der Waals surface area contributed by atoms with Crippen LogP contribution in [0.15, 0.2) is 60.7 Å². The fourth-order valence-electron chi connectivity index (χ4n) is 3.39. The fourth-order valence-corrected chi connectivity index (χ4v) is 4.26. The zero-order chi connectivity index (χ0) is 18.2. The van der Waals surface area contributed by atoms with Crippen LogP contribution in [0.5, 0.6) is 0 Å². The Balaban J connectivity index is 1.57. The van der Waals surface area contributed by atoms with Crippen LogP contribution in [0.4, 0.5) is 0 Å². The Morgan fingerprint density at radius 1 is 1.08 bits per heavy atom. The van der Waals surface area contributed by atoms with Crippen LogP contribution in [0.2, 0.25) is 0 Å². The van der Waals surface area contributed by atoms with E-state index in [1.165, 1.54) is 11.1 Å². The molecule has 1 saturated heterocycles. The average Bonchev–Trinajstić information content (AvgIpc) is 2.72. The number of thioether (sulfide) groups is 1. The second-order valence-electron chi connectivity index (χ2n) is 6.92. The van der Waals surface area contributed by atoms with Gasteiger partial charge in [-0.05, 0) is 30.9 Å². The van der Waals surface area contributed by atoms with Gasteiger partial charge in [0.1, 0.15) is 0 Å².